The number of furan rings is 1. The van der Waals surface area contributed by atoms with E-state index in [-0.39, 0.29) is 11.8 Å². The molecule has 248 valence electrons. The van der Waals surface area contributed by atoms with Crippen molar-refractivity contribution in [3.63, 3.8) is 0 Å². The quantitative estimate of drug-likeness (QED) is 0.185. The summed E-state index contributed by atoms with van der Waals surface area (Å²) in [7, 11) is 0. The molecule has 3 aliphatic carbocycles. The minimum absolute atomic E-state index is 0.210. The second-order valence-electron chi connectivity index (χ2n) is 14.4. The number of hydrogen-bond acceptors (Lipinski definition) is 2. The molecule has 0 saturated carbocycles. The van der Waals surface area contributed by atoms with E-state index in [9.17, 15) is 0 Å². The van der Waals surface area contributed by atoms with Crippen LogP contribution in [0.5, 0.6) is 0 Å². The zero-order valence-electron chi connectivity index (χ0n) is 28.8. The van der Waals surface area contributed by atoms with E-state index < -0.39 is 0 Å². The number of hydrogen-bond donors (Lipinski definition) is 0. The minimum atomic E-state index is 0.210. The number of aromatic nitrogens is 1. The van der Waals surface area contributed by atoms with Crippen molar-refractivity contribution in [3.05, 3.63) is 203 Å². The molecule has 0 aliphatic heterocycles. The van der Waals surface area contributed by atoms with Crippen LogP contribution in [0.1, 0.15) is 17.0 Å². The van der Waals surface area contributed by atoms with E-state index >= 15 is 0 Å². The number of allylic oxidation sites excluding steroid dienone is 4. The molecule has 2 atom stereocenters. The summed E-state index contributed by atoms with van der Waals surface area (Å²) in [6.45, 7) is 0. The van der Waals surface area contributed by atoms with Crippen molar-refractivity contribution >= 4 is 72.5 Å². The molecule has 2 unspecified atom stereocenters. The first-order chi connectivity index (χ1) is 26.3. The summed E-state index contributed by atoms with van der Waals surface area (Å²) in [4.78, 5) is 2.47. The van der Waals surface area contributed by atoms with E-state index in [1.165, 1.54) is 60.2 Å². The van der Waals surface area contributed by atoms with Crippen LogP contribution in [0.4, 0.5) is 17.1 Å². The van der Waals surface area contributed by atoms with Gasteiger partial charge in [-0.2, -0.15) is 0 Å². The van der Waals surface area contributed by atoms with Gasteiger partial charge in [0.05, 0.1) is 22.4 Å². The molecule has 0 bridgehead atoms. The highest BCUT2D eigenvalue weighted by atomic mass is 16.3. The molecular weight excluding hydrogens is 645 g/mol. The van der Waals surface area contributed by atoms with Crippen LogP contribution in [0.3, 0.4) is 0 Å². The first-order valence-electron chi connectivity index (χ1n) is 18.4. The number of para-hydroxylation sites is 4. The Morgan fingerprint density at radius 3 is 2.28 bits per heavy atom. The van der Waals surface area contributed by atoms with Crippen LogP contribution in [0.2, 0.25) is 0 Å². The Morgan fingerprint density at radius 1 is 0.585 bits per heavy atom. The van der Waals surface area contributed by atoms with Crippen molar-refractivity contribution in [1.82, 2.24) is 4.57 Å². The van der Waals surface area contributed by atoms with Gasteiger partial charge in [0, 0.05) is 44.8 Å². The van der Waals surface area contributed by atoms with Gasteiger partial charge in [-0.3, -0.25) is 0 Å². The molecule has 12 rings (SSSR count). The number of benzene rings is 7. The second-order valence-corrected chi connectivity index (χ2v) is 14.4. The van der Waals surface area contributed by atoms with E-state index in [0.717, 1.165) is 39.0 Å². The van der Waals surface area contributed by atoms with Crippen molar-refractivity contribution in [1.29, 1.82) is 0 Å². The van der Waals surface area contributed by atoms with Gasteiger partial charge in [-0.05, 0) is 87.3 Å². The SMILES string of the molecule is C1=CC2c3c(cccc3N(c3ccc4c(c3)c3ccccc3n4-c3ccccc3)c3cccc4c3oc3ccccc34)C3=c4ccccc4=CC(=C1)C32. The molecule has 2 aromatic heterocycles. The minimum Gasteiger partial charge on any atom is -0.454 e. The fourth-order valence-electron chi connectivity index (χ4n) is 9.59. The van der Waals surface area contributed by atoms with Gasteiger partial charge in [-0.25, -0.2) is 0 Å². The molecule has 3 nitrogen and oxygen atoms in total. The zero-order valence-corrected chi connectivity index (χ0v) is 28.8. The maximum absolute atomic E-state index is 6.79. The normalized spacial score (nSPS) is 16.8. The monoisotopic (exact) mass is 676 g/mol. The lowest BCUT2D eigenvalue weighted by Crippen LogP contribution is -2.33. The van der Waals surface area contributed by atoms with E-state index in [1.54, 1.807) is 0 Å². The molecule has 0 amide bonds. The highest BCUT2D eigenvalue weighted by molar-refractivity contribution is 6.13. The Labute approximate surface area is 306 Å². The van der Waals surface area contributed by atoms with Crippen LogP contribution in [0, 0.1) is 5.92 Å². The molecular formula is C50H32N2O. The van der Waals surface area contributed by atoms with Crippen LogP contribution in [0.15, 0.2) is 186 Å². The van der Waals surface area contributed by atoms with Gasteiger partial charge in [0.25, 0.3) is 0 Å². The molecule has 0 saturated heterocycles. The Morgan fingerprint density at radius 2 is 1.34 bits per heavy atom. The largest absolute Gasteiger partial charge is 0.454 e. The van der Waals surface area contributed by atoms with Crippen LogP contribution < -0.4 is 15.3 Å². The summed E-state index contributed by atoms with van der Waals surface area (Å²) < 4.78 is 9.17. The molecule has 53 heavy (non-hydrogen) atoms. The summed E-state index contributed by atoms with van der Waals surface area (Å²) in [6, 6.07) is 57.2. The van der Waals surface area contributed by atoms with Crippen LogP contribution >= 0.6 is 0 Å². The zero-order chi connectivity index (χ0) is 34.6. The molecule has 2 heterocycles. The summed E-state index contributed by atoms with van der Waals surface area (Å²) in [5.74, 6) is 0.489. The van der Waals surface area contributed by atoms with Gasteiger partial charge in [-0.1, -0.05) is 127 Å². The number of nitrogens with zero attached hydrogens (tertiary/aromatic N) is 2. The average Bonchev–Trinajstić information content (AvgIpc) is 3.88. The topological polar surface area (TPSA) is 21.3 Å². The summed E-state index contributed by atoms with van der Waals surface area (Å²) in [5.41, 5.74) is 14.1. The van der Waals surface area contributed by atoms with Gasteiger partial charge in [-0.15, -0.1) is 0 Å². The van der Waals surface area contributed by atoms with Crippen LogP contribution in [0.25, 0.3) is 61.1 Å². The third-order valence-electron chi connectivity index (χ3n) is 11.7. The number of fused-ring (bicyclic) bond motifs is 10. The fraction of sp³-hybridized carbons (Fsp3) is 0.0400. The van der Waals surface area contributed by atoms with Gasteiger partial charge in [0.15, 0.2) is 5.58 Å². The first kappa shape index (κ1) is 28.8. The third-order valence-corrected chi connectivity index (χ3v) is 11.7. The molecule has 0 spiro atoms. The molecule has 7 aromatic carbocycles. The molecule has 0 N–H and O–H groups in total. The summed E-state index contributed by atoms with van der Waals surface area (Å²) in [5, 5.41) is 7.32. The Bertz CT molecular complexity index is 3190. The maximum atomic E-state index is 6.79. The van der Waals surface area contributed by atoms with E-state index in [2.05, 4.69) is 191 Å². The summed E-state index contributed by atoms with van der Waals surface area (Å²) in [6.07, 6.45) is 9.39. The summed E-state index contributed by atoms with van der Waals surface area (Å²) >= 11 is 0. The van der Waals surface area contributed by atoms with E-state index in [0.29, 0.717) is 0 Å². The van der Waals surface area contributed by atoms with Gasteiger partial charge in [0.1, 0.15) is 5.58 Å². The smallest absolute Gasteiger partial charge is 0.159 e. The maximum Gasteiger partial charge on any atom is 0.159 e. The number of anilines is 3. The Balaban J connectivity index is 1.18. The van der Waals surface area contributed by atoms with E-state index in [4.69, 9.17) is 4.42 Å². The molecule has 3 aliphatic rings. The van der Waals surface area contributed by atoms with Crippen molar-refractivity contribution < 1.29 is 4.42 Å². The van der Waals surface area contributed by atoms with Gasteiger partial charge in [0.2, 0.25) is 0 Å². The third kappa shape index (κ3) is 3.99. The van der Waals surface area contributed by atoms with Crippen molar-refractivity contribution in [2.75, 3.05) is 4.90 Å². The Hall–Kier alpha value is -6.84. The Kier molecular flexibility index (Phi) is 5.89. The first-order valence-corrected chi connectivity index (χ1v) is 18.4. The standard InChI is InChI=1S/C50H32N2O/c1-2-15-33(16-3-1)51-42-23-8-6-18-36(42)41-30-34(27-28-43(41)51)52(45-25-11-20-38-37-19-7-9-26-46(37)53-50(38)45)44-24-12-22-40-48(44)39-21-10-14-32-29-31-13-4-5-17-35(31)49(40)47(32)39/h1-30,39,47H. The molecule has 0 fully saturated rings. The van der Waals surface area contributed by atoms with Crippen LogP contribution in [-0.4, -0.2) is 4.57 Å². The molecule has 0 radical (unpaired) electrons. The van der Waals surface area contributed by atoms with Crippen molar-refractivity contribution in [2.24, 2.45) is 5.92 Å². The highest BCUT2D eigenvalue weighted by Gasteiger charge is 2.42. The predicted octanol–water partition coefficient (Wildman–Crippen LogP) is 11.4. The van der Waals surface area contributed by atoms with Crippen LogP contribution in [-0.2, 0) is 0 Å². The van der Waals surface area contributed by atoms with Crippen molar-refractivity contribution in [3.8, 4) is 5.69 Å². The van der Waals surface area contributed by atoms with Gasteiger partial charge < -0.3 is 13.9 Å². The molecule has 9 aromatic rings. The van der Waals surface area contributed by atoms with Crippen molar-refractivity contribution in [2.45, 2.75) is 5.92 Å². The second kappa shape index (κ2) is 10.8. The fourth-order valence-corrected chi connectivity index (χ4v) is 9.59. The number of rotatable bonds is 4. The lowest BCUT2D eigenvalue weighted by atomic mass is 9.77. The lowest BCUT2D eigenvalue weighted by Gasteiger charge is -2.30. The van der Waals surface area contributed by atoms with Gasteiger partial charge >= 0.3 is 0 Å². The predicted molar refractivity (Wildman–Crippen MR) is 219 cm³/mol. The molecule has 3 heteroatoms. The lowest BCUT2D eigenvalue weighted by molar-refractivity contribution is 0.669. The average molecular weight is 677 g/mol. The van der Waals surface area contributed by atoms with E-state index in [1.807, 2.05) is 0 Å². The highest BCUT2D eigenvalue weighted by Crippen LogP contribution is 2.56.